The fraction of sp³-hybridized carbons (Fsp3) is 0.529. The molecule has 112 valence electrons. The lowest BCUT2D eigenvalue weighted by Crippen LogP contribution is -2.25. The molecule has 0 unspecified atom stereocenters. The summed E-state index contributed by atoms with van der Waals surface area (Å²) in [4.78, 5) is 24.0. The largest absolute Gasteiger partial charge is 0.382 e. The third kappa shape index (κ3) is 3.63. The lowest BCUT2D eigenvalue weighted by atomic mass is 10.0. The lowest BCUT2D eigenvalue weighted by molar-refractivity contribution is -0.118. The molecule has 1 aliphatic heterocycles. The second kappa shape index (κ2) is 5.88. The molecule has 1 aromatic carbocycles. The summed E-state index contributed by atoms with van der Waals surface area (Å²) in [5, 5.41) is 6.30. The molecule has 0 bridgehead atoms. The topological polar surface area (TPSA) is 58.2 Å². The highest BCUT2D eigenvalue weighted by atomic mass is 16.1. The van der Waals surface area contributed by atoms with Crippen molar-refractivity contribution in [3.05, 3.63) is 29.3 Å². The molecule has 1 amide bonds. The minimum atomic E-state index is -0.0387. The number of anilines is 1. The van der Waals surface area contributed by atoms with Crippen LogP contribution >= 0.6 is 0 Å². The Labute approximate surface area is 125 Å². The first-order chi connectivity index (χ1) is 10.1. The molecule has 4 heteroatoms. The Hall–Kier alpha value is -1.84. The molecule has 21 heavy (non-hydrogen) atoms. The number of amides is 1. The SMILES string of the molecule is C[C@@H]1CC(=O)Cc2cc(C(=O)NCCC3CC3)ccc2N1. The van der Waals surface area contributed by atoms with E-state index < -0.39 is 0 Å². The smallest absolute Gasteiger partial charge is 0.251 e. The van der Waals surface area contributed by atoms with Gasteiger partial charge in [-0.1, -0.05) is 12.8 Å². The molecular formula is C17H22N2O2. The number of nitrogens with one attached hydrogen (secondary N) is 2. The second-order valence-electron chi connectivity index (χ2n) is 6.32. The highest BCUT2D eigenvalue weighted by molar-refractivity contribution is 5.95. The Morgan fingerprint density at radius 3 is 2.95 bits per heavy atom. The summed E-state index contributed by atoms with van der Waals surface area (Å²) in [6, 6.07) is 5.75. The minimum Gasteiger partial charge on any atom is -0.382 e. The number of benzene rings is 1. The van der Waals surface area contributed by atoms with Crippen LogP contribution in [-0.4, -0.2) is 24.3 Å². The molecule has 1 aliphatic carbocycles. The molecule has 0 radical (unpaired) electrons. The molecule has 1 heterocycles. The number of Topliss-reactive ketones (excluding diaryl/α,β-unsaturated/α-hetero) is 1. The highest BCUT2D eigenvalue weighted by Gasteiger charge is 2.21. The van der Waals surface area contributed by atoms with Gasteiger partial charge in [0.05, 0.1) is 0 Å². The highest BCUT2D eigenvalue weighted by Crippen LogP contribution is 2.31. The van der Waals surface area contributed by atoms with Crippen LogP contribution in [0.5, 0.6) is 0 Å². The average molecular weight is 286 g/mol. The molecule has 4 nitrogen and oxygen atoms in total. The summed E-state index contributed by atoms with van der Waals surface area (Å²) in [5.74, 6) is 1.00. The predicted octanol–water partition coefficient (Wildman–Crippen LogP) is 2.53. The van der Waals surface area contributed by atoms with Gasteiger partial charge in [-0.15, -0.1) is 0 Å². The Morgan fingerprint density at radius 2 is 2.19 bits per heavy atom. The molecule has 1 atom stereocenters. The van der Waals surface area contributed by atoms with Gasteiger partial charge in [-0.25, -0.2) is 0 Å². The van der Waals surface area contributed by atoms with Gasteiger partial charge in [0.1, 0.15) is 5.78 Å². The maximum atomic E-state index is 12.1. The van der Waals surface area contributed by atoms with Crippen LogP contribution in [0.3, 0.4) is 0 Å². The van der Waals surface area contributed by atoms with E-state index in [1.54, 1.807) is 0 Å². The van der Waals surface area contributed by atoms with E-state index in [2.05, 4.69) is 10.6 Å². The van der Waals surface area contributed by atoms with Crippen LogP contribution in [0.4, 0.5) is 5.69 Å². The molecule has 3 rings (SSSR count). The van der Waals surface area contributed by atoms with Gasteiger partial charge in [-0.3, -0.25) is 9.59 Å². The number of ketones is 1. The normalized spacial score (nSPS) is 21.2. The fourth-order valence-corrected chi connectivity index (χ4v) is 2.86. The van der Waals surface area contributed by atoms with E-state index in [1.807, 2.05) is 25.1 Å². The van der Waals surface area contributed by atoms with Gasteiger partial charge in [-0.05, 0) is 43.0 Å². The third-order valence-corrected chi connectivity index (χ3v) is 4.23. The molecule has 1 fully saturated rings. The van der Waals surface area contributed by atoms with Gasteiger partial charge in [0.2, 0.25) is 0 Å². The zero-order valence-corrected chi connectivity index (χ0v) is 12.4. The summed E-state index contributed by atoms with van der Waals surface area (Å²) in [5.41, 5.74) is 2.55. The van der Waals surface area contributed by atoms with Crippen molar-refractivity contribution in [1.82, 2.24) is 5.32 Å². The molecule has 1 saturated carbocycles. The molecular weight excluding hydrogens is 264 g/mol. The predicted molar refractivity (Wildman–Crippen MR) is 82.5 cm³/mol. The van der Waals surface area contributed by atoms with E-state index in [9.17, 15) is 9.59 Å². The van der Waals surface area contributed by atoms with E-state index in [1.165, 1.54) is 12.8 Å². The van der Waals surface area contributed by atoms with Crippen molar-refractivity contribution < 1.29 is 9.59 Å². The first kappa shape index (κ1) is 14.1. The van der Waals surface area contributed by atoms with Crippen molar-refractivity contribution in [2.75, 3.05) is 11.9 Å². The Bertz CT molecular complexity index is 564. The maximum Gasteiger partial charge on any atom is 0.251 e. The van der Waals surface area contributed by atoms with E-state index in [0.29, 0.717) is 18.4 Å². The van der Waals surface area contributed by atoms with Crippen molar-refractivity contribution in [1.29, 1.82) is 0 Å². The summed E-state index contributed by atoms with van der Waals surface area (Å²) in [6.07, 6.45) is 4.64. The van der Waals surface area contributed by atoms with Crippen LogP contribution in [0, 0.1) is 5.92 Å². The van der Waals surface area contributed by atoms with Gasteiger partial charge < -0.3 is 10.6 Å². The Balaban J connectivity index is 1.68. The van der Waals surface area contributed by atoms with Crippen LogP contribution in [0.15, 0.2) is 18.2 Å². The molecule has 2 N–H and O–H groups in total. The van der Waals surface area contributed by atoms with Crippen molar-refractivity contribution in [2.24, 2.45) is 5.92 Å². The third-order valence-electron chi connectivity index (χ3n) is 4.23. The van der Waals surface area contributed by atoms with Gasteiger partial charge in [0, 0.05) is 36.7 Å². The number of hydrogen-bond donors (Lipinski definition) is 2. The summed E-state index contributed by atoms with van der Waals surface area (Å²) < 4.78 is 0. The monoisotopic (exact) mass is 286 g/mol. The van der Waals surface area contributed by atoms with Gasteiger partial charge in [-0.2, -0.15) is 0 Å². The number of rotatable bonds is 4. The van der Waals surface area contributed by atoms with Crippen LogP contribution in [0.2, 0.25) is 0 Å². The fourth-order valence-electron chi connectivity index (χ4n) is 2.86. The first-order valence-corrected chi connectivity index (χ1v) is 7.81. The van der Waals surface area contributed by atoms with Crippen LogP contribution in [0.1, 0.15) is 48.5 Å². The molecule has 0 saturated heterocycles. The van der Waals surface area contributed by atoms with E-state index in [4.69, 9.17) is 0 Å². The molecule has 1 aromatic rings. The van der Waals surface area contributed by atoms with Crippen LogP contribution in [0.25, 0.3) is 0 Å². The van der Waals surface area contributed by atoms with Crippen molar-refractivity contribution in [3.8, 4) is 0 Å². The van der Waals surface area contributed by atoms with Gasteiger partial charge >= 0.3 is 0 Å². The maximum absolute atomic E-state index is 12.1. The van der Waals surface area contributed by atoms with Gasteiger partial charge in [0.25, 0.3) is 5.91 Å². The number of carbonyl (C=O) groups is 2. The van der Waals surface area contributed by atoms with Gasteiger partial charge in [0.15, 0.2) is 0 Å². The second-order valence-corrected chi connectivity index (χ2v) is 6.32. The summed E-state index contributed by atoms with van der Waals surface area (Å²) >= 11 is 0. The lowest BCUT2D eigenvalue weighted by Gasteiger charge is -2.13. The quantitative estimate of drug-likeness (QED) is 0.894. The zero-order chi connectivity index (χ0) is 14.8. The number of carbonyl (C=O) groups excluding carboxylic acids is 2. The first-order valence-electron chi connectivity index (χ1n) is 7.81. The van der Waals surface area contributed by atoms with Crippen LogP contribution < -0.4 is 10.6 Å². The molecule has 2 aliphatic rings. The van der Waals surface area contributed by atoms with Crippen LogP contribution in [-0.2, 0) is 11.2 Å². The number of fused-ring (bicyclic) bond motifs is 1. The Morgan fingerprint density at radius 1 is 1.38 bits per heavy atom. The zero-order valence-electron chi connectivity index (χ0n) is 12.4. The van der Waals surface area contributed by atoms with E-state index in [-0.39, 0.29) is 17.7 Å². The summed E-state index contributed by atoms with van der Waals surface area (Å²) in [6.45, 7) is 2.75. The molecule has 0 aromatic heterocycles. The minimum absolute atomic E-state index is 0.0387. The number of hydrogen-bond acceptors (Lipinski definition) is 3. The standard InChI is InChI=1S/C17H22N2O2/c1-11-8-15(20)10-14-9-13(4-5-16(14)19-11)17(21)18-7-6-12-2-3-12/h4-5,9,11-12,19H,2-3,6-8,10H2,1H3,(H,18,21)/t11-/m1/s1. The van der Waals surface area contributed by atoms with E-state index in [0.717, 1.165) is 30.1 Å². The van der Waals surface area contributed by atoms with Crippen molar-refractivity contribution in [3.63, 3.8) is 0 Å². The van der Waals surface area contributed by atoms with E-state index >= 15 is 0 Å². The molecule has 0 spiro atoms. The van der Waals surface area contributed by atoms with Crippen molar-refractivity contribution >= 4 is 17.4 Å². The van der Waals surface area contributed by atoms with Crippen molar-refractivity contribution in [2.45, 2.75) is 45.1 Å². The summed E-state index contributed by atoms with van der Waals surface area (Å²) in [7, 11) is 0. The average Bonchev–Trinajstić information content (AvgIpc) is 3.24. The Kier molecular flexibility index (Phi) is 3.95.